The maximum Gasteiger partial charge on any atom is 0.119 e. The van der Waals surface area contributed by atoms with Crippen molar-refractivity contribution in [3.8, 4) is 5.75 Å². The van der Waals surface area contributed by atoms with Crippen molar-refractivity contribution in [2.24, 2.45) is 0 Å². The van der Waals surface area contributed by atoms with E-state index in [4.69, 9.17) is 0 Å². The molecule has 0 aromatic heterocycles. The Morgan fingerprint density at radius 3 is 1.10 bits per heavy atom. The van der Waals surface area contributed by atoms with Crippen LogP contribution in [0.4, 0.5) is 0 Å². The Bertz CT molecular complexity index is 1450. The van der Waals surface area contributed by atoms with Gasteiger partial charge in [-0.25, -0.2) is 0 Å². The Kier molecular flexibility index (Phi) is 9.24. The van der Waals surface area contributed by atoms with Gasteiger partial charge in [0.15, 0.2) is 0 Å². The summed E-state index contributed by atoms with van der Waals surface area (Å²) in [5.41, 5.74) is 11.9. The van der Waals surface area contributed by atoms with E-state index in [-0.39, 0.29) is 17.8 Å². The fourth-order valence-electron chi connectivity index (χ4n) is 6.90. The molecule has 210 valence electrons. The first kappa shape index (κ1) is 29.7. The molecule has 6 unspecified atom stereocenters. The molecule has 0 heterocycles. The monoisotopic (exact) mass is 532 g/mol. The summed E-state index contributed by atoms with van der Waals surface area (Å²) >= 11 is 0. The summed E-state index contributed by atoms with van der Waals surface area (Å²) in [7, 11) is 0. The van der Waals surface area contributed by atoms with Gasteiger partial charge in [-0.1, -0.05) is 120 Å². The van der Waals surface area contributed by atoms with Crippen LogP contribution in [0.15, 0.2) is 84.9 Å². The first-order valence-corrected chi connectivity index (χ1v) is 15.1. The number of aromatic hydroxyl groups is 1. The second-order valence-electron chi connectivity index (χ2n) is 12.3. The molecule has 1 N–H and O–H groups in total. The molecular weight excluding hydrogens is 484 g/mol. The fraction of sp³-hybridized carbons (Fsp3) is 0.385. The average Bonchev–Trinajstić information content (AvgIpc) is 2.95. The van der Waals surface area contributed by atoms with Crippen LogP contribution >= 0.6 is 0 Å². The highest BCUT2D eigenvalue weighted by Gasteiger charge is 2.32. The molecule has 0 spiro atoms. The van der Waals surface area contributed by atoms with Crippen LogP contribution in [0.25, 0.3) is 0 Å². The van der Waals surface area contributed by atoms with Crippen LogP contribution in [0.5, 0.6) is 5.75 Å². The molecule has 40 heavy (non-hydrogen) atoms. The molecule has 4 rings (SSSR count). The summed E-state index contributed by atoms with van der Waals surface area (Å²) < 4.78 is 0. The van der Waals surface area contributed by atoms with Crippen LogP contribution in [0.3, 0.4) is 0 Å². The number of phenolic OH excluding ortho intramolecular Hbond substituents is 1. The molecular formula is C39H48O. The van der Waals surface area contributed by atoms with Gasteiger partial charge >= 0.3 is 0 Å². The van der Waals surface area contributed by atoms with E-state index in [1.54, 1.807) is 0 Å². The molecule has 0 radical (unpaired) electrons. The smallest absolute Gasteiger partial charge is 0.119 e. The highest BCUT2D eigenvalue weighted by Crippen LogP contribution is 2.49. The van der Waals surface area contributed by atoms with Crippen LogP contribution in [0, 0.1) is 20.8 Å². The number of benzene rings is 4. The van der Waals surface area contributed by atoms with Gasteiger partial charge in [-0.15, -0.1) is 0 Å². The number of rotatable bonds is 9. The Labute approximate surface area is 243 Å². The van der Waals surface area contributed by atoms with Gasteiger partial charge in [0.1, 0.15) is 5.75 Å². The van der Waals surface area contributed by atoms with Gasteiger partial charge in [0.05, 0.1) is 0 Å². The molecule has 0 bridgehead atoms. The van der Waals surface area contributed by atoms with Gasteiger partial charge in [-0.2, -0.15) is 0 Å². The van der Waals surface area contributed by atoms with Crippen molar-refractivity contribution in [1.82, 2.24) is 0 Å². The van der Waals surface area contributed by atoms with E-state index in [0.29, 0.717) is 23.5 Å². The highest BCUT2D eigenvalue weighted by atomic mass is 16.3. The molecule has 1 nitrogen and oxygen atoms in total. The standard InChI is InChI=1S/C39H48O/c1-24-16-10-13-19-33(24)27(4)28(5)36-22-23-37(40)39(32(9)30(7)35-21-15-12-18-26(35)3)38(36)31(8)29(6)34-20-14-11-17-25(34)2/h10-23,27-32,40H,1-9H3. The molecule has 0 amide bonds. The maximum atomic E-state index is 11.6. The number of hydrogen-bond donors (Lipinski definition) is 1. The van der Waals surface area contributed by atoms with Crippen molar-refractivity contribution in [2.45, 2.75) is 97.8 Å². The summed E-state index contributed by atoms with van der Waals surface area (Å²) in [6.45, 7) is 20.7. The van der Waals surface area contributed by atoms with E-state index in [9.17, 15) is 5.11 Å². The summed E-state index contributed by atoms with van der Waals surface area (Å²) in [6.07, 6.45) is 0. The van der Waals surface area contributed by atoms with Crippen molar-refractivity contribution >= 4 is 0 Å². The van der Waals surface area contributed by atoms with Crippen LogP contribution in [0.2, 0.25) is 0 Å². The minimum Gasteiger partial charge on any atom is -0.508 e. The van der Waals surface area contributed by atoms with Crippen molar-refractivity contribution in [3.05, 3.63) is 135 Å². The Morgan fingerprint density at radius 2 is 0.700 bits per heavy atom. The highest BCUT2D eigenvalue weighted by molar-refractivity contribution is 5.53. The lowest BCUT2D eigenvalue weighted by Gasteiger charge is -2.34. The average molecular weight is 533 g/mol. The Morgan fingerprint density at radius 1 is 0.375 bits per heavy atom. The molecule has 0 saturated carbocycles. The predicted molar refractivity (Wildman–Crippen MR) is 172 cm³/mol. The van der Waals surface area contributed by atoms with Crippen molar-refractivity contribution in [3.63, 3.8) is 0 Å². The molecule has 0 fully saturated rings. The van der Waals surface area contributed by atoms with Gasteiger partial charge in [0.2, 0.25) is 0 Å². The maximum absolute atomic E-state index is 11.6. The van der Waals surface area contributed by atoms with Gasteiger partial charge in [-0.3, -0.25) is 0 Å². The van der Waals surface area contributed by atoms with Crippen molar-refractivity contribution < 1.29 is 5.11 Å². The molecule has 0 saturated heterocycles. The first-order valence-electron chi connectivity index (χ1n) is 15.1. The van der Waals surface area contributed by atoms with Crippen LogP contribution < -0.4 is 0 Å². The molecule has 4 aromatic rings. The zero-order valence-electron chi connectivity index (χ0n) is 26.0. The van der Waals surface area contributed by atoms with Crippen LogP contribution in [-0.4, -0.2) is 5.11 Å². The third-order valence-corrected chi connectivity index (χ3v) is 9.99. The predicted octanol–water partition coefficient (Wildman–Crippen LogP) is 11.0. The summed E-state index contributed by atoms with van der Waals surface area (Å²) in [5.74, 6) is 2.03. The molecule has 1 heteroatoms. The number of aryl methyl sites for hydroxylation is 3. The summed E-state index contributed by atoms with van der Waals surface area (Å²) in [5, 5.41) is 11.6. The normalized spacial score (nSPS) is 16.1. The largest absolute Gasteiger partial charge is 0.508 e. The van der Waals surface area contributed by atoms with Gasteiger partial charge < -0.3 is 5.11 Å². The lowest BCUT2D eigenvalue weighted by atomic mass is 9.70. The second-order valence-corrected chi connectivity index (χ2v) is 12.3. The second kappa shape index (κ2) is 12.5. The summed E-state index contributed by atoms with van der Waals surface area (Å²) in [4.78, 5) is 0. The lowest BCUT2D eigenvalue weighted by Crippen LogP contribution is -2.18. The fourth-order valence-corrected chi connectivity index (χ4v) is 6.90. The molecule has 0 aliphatic carbocycles. The molecule has 4 aromatic carbocycles. The van der Waals surface area contributed by atoms with E-state index in [1.165, 1.54) is 44.5 Å². The lowest BCUT2D eigenvalue weighted by molar-refractivity contribution is 0.449. The quantitative estimate of drug-likeness (QED) is 0.227. The number of phenols is 1. The van der Waals surface area contributed by atoms with Gasteiger partial charge in [0, 0.05) is 5.56 Å². The third kappa shape index (κ3) is 5.75. The SMILES string of the molecule is Cc1ccccc1C(C)C(C)c1ccc(O)c(C(C)C(C)c2ccccc2C)c1C(C)C(C)c1ccccc1C. The Hall–Kier alpha value is -3.32. The summed E-state index contributed by atoms with van der Waals surface area (Å²) in [6, 6.07) is 30.4. The third-order valence-electron chi connectivity index (χ3n) is 9.99. The zero-order valence-corrected chi connectivity index (χ0v) is 26.0. The Balaban J connectivity index is 1.90. The minimum absolute atomic E-state index is 0.156. The molecule has 0 aliphatic heterocycles. The topological polar surface area (TPSA) is 20.2 Å². The van der Waals surface area contributed by atoms with Crippen LogP contribution in [-0.2, 0) is 0 Å². The van der Waals surface area contributed by atoms with E-state index < -0.39 is 0 Å². The zero-order chi connectivity index (χ0) is 29.1. The van der Waals surface area contributed by atoms with Crippen molar-refractivity contribution in [1.29, 1.82) is 0 Å². The van der Waals surface area contributed by atoms with E-state index >= 15 is 0 Å². The number of hydrogen-bond acceptors (Lipinski definition) is 1. The van der Waals surface area contributed by atoms with E-state index in [1.807, 2.05) is 6.07 Å². The molecule has 0 aliphatic rings. The minimum atomic E-state index is 0.156. The van der Waals surface area contributed by atoms with Crippen LogP contribution in [0.1, 0.15) is 127 Å². The van der Waals surface area contributed by atoms with E-state index in [0.717, 1.165) is 5.56 Å². The first-order chi connectivity index (χ1) is 19.0. The van der Waals surface area contributed by atoms with Crippen molar-refractivity contribution in [2.75, 3.05) is 0 Å². The van der Waals surface area contributed by atoms with Gasteiger partial charge in [0.25, 0.3) is 0 Å². The molecule has 6 atom stereocenters. The van der Waals surface area contributed by atoms with E-state index in [2.05, 4.69) is 141 Å². The van der Waals surface area contributed by atoms with Gasteiger partial charge in [-0.05, 0) is 107 Å².